The van der Waals surface area contributed by atoms with Crippen molar-refractivity contribution < 1.29 is 9.53 Å². The molecular formula is C19H23N3O2S. The largest absolute Gasteiger partial charge is 0.441 e. The number of benzene rings is 1. The number of aryl methyl sites for hydroxylation is 1. The number of fused-ring (bicyclic) bond motifs is 1. The average molecular weight is 357 g/mol. The van der Waals surface area contributed by atoms with E-state index in [1.807, 2.05) is 0 Å². The van der Waals surface area contributed by atoms with Gasteiger partial charge < -0.3 is 15.0 Å². The van der Waals surface area contributed by atoms with Crippen LogP contribution in [-0.4, -0.2) is 42.6 Å². The molecule has 25 heavy (non-hydrogen) atoms. The van der Waals surface area contributed by atoms with Gasteiger partial charge in [0.1, 0.15) is 11.4 Å². The SMILES string of the molecule is CSc1ccc2c(C)cc(N3CCCC4(CC3)CNC(=O)O4)nc2c1. The van der Waals surface area contributed by atoms with Crippen molar-refractivity contribution in [2.45, 2.75) is 36.7 Å². The van der Waals surface area contributed by atoms with Crippen molar-refractivity contribution in [3.05, 3.63) is 29.8 Å². The van der Waals surface area contributed by atoms with Gasteiger partial charge in [-0.2, -0.15) is 0 Å². The summed E-state index contributed by atoms with van der Waals surface area (Å²) < 4.78 is 5.58. The highest BCUT2D eigenvalue weighted by atomic mass is 32.2. The van der Waals surface area contributed by atoms with Crippen molar-refractivity contribution in [2.24, 2.45) is 0 Å². The summed E-state index contributed by atoms with van der Waals surface area (Å²) in [7, 11) is 0. The number of carbonyl (C=O) groups is 1. The second-order valence-corrected chi connectivity index (χ2v) is 7.83. The zero-order chi connectivity index (χ0) is 17.4. The molecule has 2 saturated heterocycles. The number of ether oxygens (including phenoxy) is 1. The van der Waals surface area contributed by atoms with Gasteiger partial charge >= 0.3 is 6.09 Å². The van der Waals surface area contributed by atoms with Crippen LogP contribution in [0.5, 0.6) is 0 Å². The van der Waals surface area contributed by atoms with Crippen LogP contribution in [0.15, 0.2) is 29.2 Å². The van der Waals surface area contributed by atoms with Crippen LogP contribution in [0.2, 0.25) is 0 Å². The predicted molar refractivity (Wildman–Crippen MR) is 102 cm³/mol. The number of aromatic nitrogens is 1. The van der Waals surface area contributed by atoms with Crippen molar-refractivity contribution in [3.8, 4) is 0 Å². The van der Waals surface area contributed by atoms with Crippen molar-refractivity contribution in [2.75, 3.05) is 30.8 Å². The van der Waals surface area contributed by atoms with Gasteiger partial charge in [-0.3, -0.25) is 0 Å². The Labute approximate surface area is 152 Å². The van der Waals surface area contributed by atoms with Crippen molar-refractivity contribution in [1.82, 2.24) is 10.3 Å². The van der Waals surface area contributed by atoms with Crippen molar-refractivity contribution in [1.29, 1.82) is 0 Å². The third-order valence-electron chi connectivity index (χ3n) is 5.30. The molecule has 1 spiro atoms. The molecule has 2 aliphatic heterocycles. The summed E-state index contributed by atoms with van der Waals surface area (Å²) in [5, 5.41) is 4.02. The minimum atomic E-state index is -0.330. The molecule has 4 rings (SSSR count). The summed E-state index contributed by atoms with van der Waals surface area (Å²) in [4.78, 5) is 20.0. The summed E-state index contributed by atoms with van der Waals surface area (Å²) >= 11 is 1.74. The molecular weight excluding hydrogens is 334 g/mol. The highest BCUT2D eigenvalue weighted by molar-refractivity contribution is 7.98. The number of nitrogens with one attached hydrogen (secondary N) is 1. The first kappa shape index (κ1) is 16.5. The zero-order valence-electron chi connectivity index (χ0n) is 14.7. The topological polar surface area (TPSA) is 54.5 Å². The van der Waals surface area contributed by atoms with Crippen LogP contribution in [0.1, 0.15) is 24.8 Å². The summed E-state index contributed by atoms with van der Waals surface area (Å²) in [6.45, 7) is 4.57. The minimum absolute atomic E-state index is 0.280. The van der Waals surface area contributed by atoms with E-state index in [1.165, 1.54) is 15.8 Å². The monoisotopic (exact) mass is 357 g/mol. The number of alkyl carbamates (subject to hydrolysis) is 1. The molecule has 5 nitrogen and oxygen atoms in total. The van der Waals surface area contributed by atoms with E-state index in [0.717, 1.165) is 43.7 Å². The van der Waals surface area contributed by atoms with Gasteiger partial charge in [-0.1, -0.05) is 6.07 Å². The number of hydrogen-bond acceptors (Lipinski definition) is 5. The van der Waals surface area contributed by atoms with E-state index < -0.39 is 0 Å². The number of anilines is 1. The number of hydrogen-bond donors (Lipinski definition) is 1. The normalized spacial score (nSPS) is 23.6. The quantitative estimate of drug-likeness (QED) is 0.830. The number of rotatable bonds is 2. The number of amides is 1. The summed E-state index contributed by atoms with van der Waals surface area (Å²) in [5.74, 6) is 1.03. The molecule has 1 aromatic heterocycles. The molecule has 2 fully saturated rings. The first-order valence-corrected chi connectivity index (χ1v) is 9.98. The van der Waals surface area contributed by atoms with Gasteiger partial charge in [0, 0.05) is 29.8 Å². The van der Waals surface area contributed by atoms with Crippen LogP contribution >= 0.6 is 11.8 Å². The molecule has 2 aliphatic rings. The van der Waals surface area contributed by atoms with E-state index in [2.05, 4.69) is 47.7 Å². The Morgan fingerprint density at radius 3 is 2.92 bits per heavy atom. The van der Waals surface area contributed by atoms with Gasteiger partial charge in [0.2, 0.25) is 0 Å². The Kier molecular flexibility index (Phi) is 4.23. The lowest BCUT2D eigenvalue weighted by Gasteiger charge is -2.25. The maximum absolute atomic E-state index is 11.5. The molecule has 132 valence electrons. The third kappa shape index (κ3) is 3.15. The average Bonchev–Trinajstić information content (AvgIpc) is 2.85. The van der Waals surface area contributed by atoms with Crippen LogP contribution < -0.4 is 10.2 Å². The minimum Gasteiger partial charge on any atom is -0.441 e. The molecule has 0 radical (unpaired) electrons. The van der Waals surface area contributed by atoms with Crippen LogP contribution in [0.3, 0.4) is 0 Å². The van der Waals surface area contributed by atoms with E-state index >= 15 is 0 Å². The molecule has 0 aliphatic carbocycles. The first-order chi connectivity index (χ1) is 12.1. The molecule has 2 aromatic rings. The molecule has 1 aromatic carbocycles. The van der Waals surface area contributed by atoms with Crippen LogP contribution in [0.25, 0.3) is 10.9 Å². The molecule has 6 heteroatoms. The van der Waals surface area contributed by atoms with E-state index in [-0.39, 0.29) is 11.7 Å². The van der Waals surface area contributed by atoms with E-state index in [9.17, 15) is 4.79 Å². The van der Waals surface area contributed by atoms with Crippen LogP contribution in [0.4, 0.5) is 10.6 Å². The van der Waals surface area contributed by atoms with Crippen molar-refractivity contribution >= 4 is 34.6 Å². The standard InChI is InChI=1S/C19H23N3O2S/c1-13-10-17(21-16-11-14(25-2)4-5-15(13)16)22-8-3-6-19(7-9-22)12-20-18(23)24-19/h4-5,10-11H,3,6-9,12H2,1-2H3,(H,20,23). The molecule has 0 saturated carbocycles. The lowest BCUT2D eigenvalue weighted by atomic mass is 9.95. The Morgan fingerprint density at radius 2 is 2.16 bits per heavy atom. The Morgan fingerprint density at radius 1 is 1.28 bits per heavy atom. The number of carbonyl (C=O) groups excluding carboxylic acids is 1. The number of pyridine rings is 1. The van der Waals surface area contributed by atoms with E-state index in [1.54, 1.807) is 11.8 Å². The summed E-state index contributed by atoms with van der Waals surface area (Å²) in [5.41, 5.74) is 1.97. The van der Waals surface area contributed by atoms with Gasteiger partial charge in [-0.05, 0) is 49.8 Å². The number of nitrogens with zero attached hydrogens (tertiary/aromatic N) is 2. The molecule has 1 N–H and O–H groups in total. The second-order valence-electron chi connectivity index (χ2n) is 6.95. The number of thioether (sulfide) groups is 1. The van der Waals surface area contributed by atoms with Gasteiger partial charge in [0.15, 0.2) is 0 Å². The molecule has 0 bridgehead atoms. The highest BCUT2D eigenvalue weighted by Crippen LogP contribution is 2.32. The lowest BCUT2D eigenvalue weighted by Crippen LogP contribution is -2.35. The first-order valence-electron chi connectivity index (χ1n) is 8.76. The fourth-order valence-electron chi connectivity index (χ4n) is 3.83. The van der Waals surface area contributed by atoms with Gasteiger partial charge in [-0.25, -0.2) is 9.78 Å². The summed E-state index contributed by atoms with van der Waals surface area (Å²) in [6, 6.07) is 8.66. The smallest absolute Gasteiger partial charge is 0.407 e. The Bertz CT molecular complexity index is 826. The van der Waals surface area contributed by atoms with Crippen LogP contribution in [-0.2, 0) is 4.74 Å². The predicted octanol–water partition coefficient (Wildman–Crippen LogP) is 3.73. The fourth-order valence-corrected chi connectivity index (χ4v) is 4.26. The lowest BCUT2D eigenvalue weighted by molar-refractivity contribution is 0.0473. The highest BCUT2D eigenvalue weighted by Gasteiger charge is 2.41. The fraction of sp³-hybridized carbons (Fsp3) is 0.474. The molecule has 1 amide bonds. The van der Waals surface area contributed by atoms with Gasteiger partial charge in [-0.15, -0.1) is 11.8 Å². The van der Waals surface area contributed by atoms with Crippen LogP contribution in [0, 0.1) is 6.92 Å². The van der Waals surface area contributed by atoms with Gasteiger partial charge in [0.05, 0.1) is 12.1 Å². The van der Waals surface area contributed by atoms with Crippen molar-refractivity contribution in [3.63, 3.8) is 0 Å². The maximum atomic E-state index is 11.5. The molecule has 1 unspecified atom stereocenters. The maximum Gasteiger partial charge on any atom is 0.407 e. The summed E-state index contributed by atoms with van der Waals surface area (Å²) in [6.07, 6.45) is 4.56. The third-order valence-corrected chi connectivity index (χ3v) is 6.02. The van der Waals surface area contributed by atoms with E-state index in [4.69, 9.17) is 9.72 Å². The molecule has 1 atom stereocenters. The second kappa shape index (κ2) is 6.41. The Balaban J connectivity index is 1.62. The van der Waals surface area contributed by atoms with Gasteiger partial charge in [0.25, 0.3) is 0 Å². The Hall–Kier alpha value is -1.95. The molecule has 3 heterocycles. The zero-order valence-corrected chi connectivity index (χ0v) is 15.5. The van der Waals surface area contributed by atoms with E-state index in [0.29, 0.717) is 6.54 Å².